The lowest BCUT2D eigenvalue weighted by molar-refractivity contribution is 0.384. The van der Waals surface area contributed by atoms with Gasteiger partial charge in [-0.2, -0.15) is 0 Å². The average molecular weight is 322 g/mol. The summed E-state index contributed by atoms with van der Waals surface area (Å²) in [5, 5.41) is 3.10. The number of hydrogen-bond donors (Lipinski definition) is 0. The molecule has 0 fully saturated rings. The van der Waals surface area contributed by atoms with Gasteiger partial charge in [0.1, 0.15) is 0 Å². The molecule has 3 nitrogen and oxygen atoms in total. The Bertz CT molecular complexity index is 1080. The lowest BCUT2D eigenvalue weighted by atomic mass is 10.1. The van der Waals surface area contributed by atoms with Gasteiger partial charge in [0.25, 0.3) is 5.56 Å². The molecule has 0 N–H and O–H groups in total. The van der Waals surface area contributed by atoms with Crippen LogP contribution in [0.3, 0.4) is 0 Å². The van der Waals surface area contributed by atoms with Crippen molar-refractivity contribution in [3.05, 3.63) is 58.9 Å². The normalized spacial score (nSPS) is 12.0. The highest BCUT2D eigenvalue weighted by Gasteiger charge is 2.15. The zero-order valence-corrected chi connectivity index (χ0v) is 14.1. The molecule has 4 aromatic rings. The third-order valence-electron chi connectivity index (χ3n) is 4.26. The van der Waals surface area contributed by atoms with E-state index in [0.717, 1.165) is 27.5 Å². The maximum atomic E-state index is 13.2. The third-order valence-corrected chi connectivity index (χ3v) is 5.47. The Morgan fingerprint density at radius 1 is 1.00 bits per heavy atom. The van der Waals surface area contributed by atoms with E-state index in [1.807, 2.05) is 42.9 Å². The summed E-state index contributed by atoms with van der Waals surface area (Å²) in [6, 6.07) is 16.4. The second kappa shape index (κ2) is 5.48. The second-order valence-corrected chi connectivity index (χ2v) is 7.13. The minimum atomic E-state index is 0.123. The van der Waals surface area contributed by atoms with Crippen molar-refractivity contribution in [1.82, 2.24) is 9.47 Å². The minimum absolute atomic E-state index is 0.123. The fourth-order valence-corrected chi connectivity index (χ4v) is 4.34. The van der Waals surface area contributed by atoms with Gasteiger partial charge in [-0.15, -0.1) is 11.3 Å². The van der Waals surface area contributed by atoms with Crippen molar-refractivity contribution >= 4 is 42.4 Å². The van der Waals surface area contributed by atoms with Gasteiger partial charge in [0.15, 0.2) is 0 Å². The topological polar surface area (TPSA) is 25.2 Å². The summed E-state index contributed by atoms with van der Waals surface area (Å²) >= 11 is 1.71. The quantitative estimate of drug-likeness (QED) is 0.571. The van der Waals surface area contributed by atoms with Gasteiger partial charge in [-0.25, -0.2) is 0 Å². The Hall–Kier alpha value is -2.17. The number of hydrogen-bond acceptors (Lipinski definition) is 3. The van der Waals surface area contributed by atoms with Crippen LogP contribution >= 0.6 is 11.3 Å². The van der Waals surface area contributed by atoms with Crippen LogP contribution in [0, 0.1) is 0 Å². The fraction of sp³-hybridized carbons (Fsp3) is 0.211. The number of para-hydroxylation sites is 1. The Morgan fingerprint density at radius 3 is 2.48 bits per heavy atom. The third kappa shape index (κ3) is 2.26. The van der Waals surface area contributed by atoms with E-state index in [1.165, 1.54) is 10.1 Å². The predicted molar refractivity (Wildman–Crippen MR) is 99.7 cm³/mol. The molecule has 0 atom stereocenters. The molecular weight excluding hydrogens is 304 g/mol. The number of nitrogens with zero attached hydrogens (tertiary/aromatic N) is 2. The van der Waals surface area contributed by atoms with E-state index >= 15 is 0 Å². The van der Waals surface area contributed by atoms with Crippen LogP contribution in [-0.4, -0.2) is 30.1 Å². The SMILES string of the molecule is CN(C)CCn1c(=O)c2c3ccccc3sc2c2ccccc21. The molecule has 2 aromatic heterocycles. The van der Waals surface area contributed by atoms with Gasteiger partial charge < -0.3 is 9.47 Å². The standard InChI is InChI=1S/C19H18N2OS/c1-20(2)11-12-21-15-9-5-3-7-13(15)18-17(19(21)22)14-8-4-6-10-16(14)23-18/h3-10H,11-12H2,1-2H3. The summed E-state index contributed by atoms with van der Waals surface area (Å²) in [7, 11) is 4.07. The molecule has 0 unspecified atom stereocenters. The number of fused-ring (bicyclic) bond motifs is 5. The Labute approximate surface area is 138 Å². The van der Waals surface area contributed by atoms with Crippen LogP contribution in [0.2, 0.25) is 0 Å². The van der Waals surface area contributed by atoms with Crippen LogP contribution in [0.25, 0.3) is 31.1 Å². The Balaban J connectivity index is 2.16. The number of rotatable bonds is 3. The van der Waals surface area contributed by atoms with Crippen molar-refractivity contribution in [2.45, 2.75) is 6.54 Å². The summed E-state index contributed by atoms with van der Waals surface area (Å²) in [4.78, 5) is 15.3. The van der Waals surface area contributed by atoms with Crippen molar-refractivity contribution in [3.8, 4) is 0 Å². The second-order valence-electron chi connectivity index (χ2n) is 6.08. The van der Waals surface area contributed by atoms with Gasteiger partial charge in [-0.05, 0) is 26.2 Å². The summed E-state index contributed by atoms with van der Waals surface area (Å²) in [5.74, 6) is 0. The van der Waals surface area contributed by atoms with Gasteiger partial charge in [-0.1, -0.05) is 36.4 Å². The lowest BCUT2D eigenvalue weighted by Gasteiger charge is -2.14. The number of likely N-dealkylation sites (N-methyl/N-ethyl adjacent to an activating group) is 1. The van der Waals surface area contributed by atoms with E-state index in [9.17, 15) is 4.79 Å². The molecule has 4 heteroatoms. The number of thiophene rings is 1. The van der Waals surface area contributed by atoms with Crippen molar-refractivity contribution in [3.63, 3.8) is 0 Å². The van der Waals surface area contributed by atoms with Crippen LogP contribution in [-0.2, 0) is 6.54 Å². The van der Waals surface area contributed by atoms with Crippen molar-refractivity contribution in [2.24, 2.45) is 0 Å². The van der Waals surface area contributed by atoms with Gasteiger partial charge in [0.05, 0.1) is 15.6 Å². The average Bonchev–Trinajstić information content (AvgIpc) is 2.94. The molecule has 0 aliphatic rings. The number of benzene rings is 2. The largest absolute Gasteiger partial charge is 0.308 e. The first-order valence-electron chi connectivity index (χ1n) is 7.74. The lowest BCUT2D eigenvalue weighted by Crippen LogP contribution is -2.26. The highest BCUT2D eigenvalue weighted by atomic mass is 32.1. The van der Waals surface area contributed by atoms with Crippen LogP contribution in [0.5, 0.6) is 0 Å². The molecule has 0 aliphatic heterocycles. The minimum Gasteiger partial charge on any atom is -0.308 e. The molecular formula is C19H18N2OS. The van der Waals surface area contributed by atoms with E-state index in [1.54, 1.807) is 11.3 Å². The summed E-state index contributed by atoms with van der Waals surface area (Å²) < 4.78 is 4.21. The zero-order chi connectivity index (χ0) is 16.0. The van der Waals surface area contributed by atoms with E-state index in [4.69, 9.17) is 0 Å². The van der Waals surface area contributed by atoms with Gasteiger partial charge in [0, 0.05) is 28.6 Å². The molecule has 0 spiro atoms. The van der Waals surface area contributed by atoms with Crippen molar-refractivity contribution < 1.29 is 0 Å². The van der Waals surface area contributed by atoms with Crippen molar-refractivity contribution in [2.75, 3.05) is 20.6 Å². The molecule has 0 saturated heterocycles. The molecule has 23 heavy (non-hydrogen) atoms. The van der Waals surface area contributed by atoms with Crippen LogP contribution < -0.4 is 5.56 Å². The maximum absolute atomic E-state index is 13.2. The van der Waals surface area contributed by atoms with E-state index < -0.39 is 0 Å². The van der Waals surface area contributed by atoms with Gasteiger partial charge >= 0.3 is 0 Å². The summed E-state index contributed by atoms with van der Waals surface area (Å²) in [6.45, 7) is 1.55. The maximum Gasteiger partial charge on any atom is 0.260 e. The first-order chi connectivity index (χ1) is 11.2. The predicted octanol–water partition coefficient (Wildman–Crippen LogP) is 3.93. The zero-order valence-electron chi connectivity index (χ0n) is 13.2. The molecule has 0 amide bonds. The molecule has 4 rings (SSSR count). The number of aromatic nitrogens is 1. The highest BCUT2D eigenvalue weighted by molar-refractivity contribution is 7.26. The molecule has 0 aliphatic carbocycles. The smallest absolute Gasteiger partial charge is 0.260 e. The monoisotopic (exact) mass is 322 g/mol. The highest BCUT2D eigenvalue weighted by Crippen LogP contribution is 2.35. The van der Waals surface area contributed by atoms with Crippen LogP contribution in [0.4, 0.5) is 0 Å². The van der Waals surface area contributed by atoms with E-state index in [0.29, 0.717) is 6.54 Å². The fourth-order valence-electron chi connectivity index (χ4n) is 3.11. The van der Waals surface area contributed by atoms with E-state index in [-0.39, 0.29) is 5.56 Å². The summed E-state index contributed by atoms with van der Waals surface area (Å²) in [6.07, 6.45) is 0. The van der Waals surface area contributed by atoms with Crippen LogP contribution in [0.15, 0.2) is 53.3 Å². The van der Waals surface area contributed by atoms with Crippen LogP contribution in [0.1, 0.15) is 0 Å². The molecule has 0 bridgehead atoms. The van der Waals surface area contributed by atoms with Gasteiger partial charge in [-0.3, -0.25) is 4.79 Å². The molecule has 116 valence electrons. The van der Waals surface area contributed by atoms with Gasteiger partial charge in [0.2, 0.25) is 0 Å². The Kier molecular flexibility index (Phi) is 3.43. The molecule has 2 aromatic carbocycles. The Morgan fingerprint density at radius 2 is 1.70 bits per heavy atom. The molecule has 0 saturated carbocycles. The first-order valence-corrected chi connectivity index (χ1v) is 8.56. The molecule has 0 radical (unpaired) electrons. The van der Waals surface area contributed by atoms with Crippen molar-refractivity contribution in [1.29, 1.82) is 0 Å². The summed E-state index contributed by atoms with van der Waals surface area (Å²) in [5.41, 5.74) is 1.15. The molecule has 2 heterocycles. The number of pyridine rings is 1. The first kappa shape index (κ1) is 14.4. The van der Waals surface area contributed by atoms with E-state index in [2.05, 4.69) is 29.2 Å².